The Hall–Kier alpha value is -1.60. The van der Waals surface area contributed by atoms with E-state index in [1.807, 2.05) is 0 Å². The van der Waals surface area contributed by atoms with E-state index >= 15 is 0 Å². The van der Waals surface area contributed by atoms with Crippen molar-refractivity contribution in [1.82, 2.24) is 0 Å². The Kier molecular flexibility index (Phi) is 4.17. The molecule has 0 amide bonds. The van der Waals surface area contributed by atoms with Crippen LogP contribution in [0.25, 0.3) is 10.8 Å². The average molecular weight is 325 g/mol. The summed E-state index contributed by atoms with van der Waals surface area (Å²) in [4.78, 5) is 0.419. The molecule has 0 aliphatic heterocycles. The molecule has 0 nitrogen and oxygen atoms in total. The van der Waals surface area contributed by atoms with Crippen molar-refractivity contribution in [2.24, 2.45) is 0 Å². The second-order valence-electron chi connectivity index (χ2n) is 5.06. The zero-order chi connectivity index (χ0) is 13.8. The van der Waals surface area contributed by atoms with Crippen LogP contribution in [-0.2, 0) is 6.42 Å². The topological polar surface area (TPSA) is 0 Å². The van der Waals surface area contributed by atoms with Gasteiger partial charge in [0.15, 0.2) is 0 Å². The highest BCUT2D eigenvalue weighted by molar-refractivity contribution is 9.09. The third-order valence-electron chi connectivity index (χ3n) is 3.71. The van der Waals surface area contributed by atoms with Crippen molar-refractivity contribution in [2.45, 2.75) is 17.7 Å². The fourth-order valence-electron chi connectivity index (χ4n) is 2.62. The predicted molar refractivity (Wildman–Crippen MR) is 90.4 cm³/mol. The van der Waals surface area contributed by atoms with Gasteiger partial charge in [0.1, 0.15) is 0 Å². The summed E-state index contributed by atoms with van der Waals surface area (Å²) in [6.07, 6.45) is 2.20. The molecule has 0 spiro atoms. The Morgan fingerprint density at radius 2 is 1.45 bits per heavy atom. The molecule has 1 heteroatoms. The number of benzene rings is 3. The van der Waals surface area contributed by atoms with Crippen LogP contribution in [0.1, 0.15) is 22.4 Å². The summed E-state index contributed by atoms with van der Waals surface area (Å²) < 4.78 is 0. The van der Waals surface area contributed by atoms with Crippen LogP contribution in [0.3, 0.4) is 0 Å². The molecular weight excluding hydrogens is 308 g/mol. The van der Waals surface area contributed by atoms with Crippen LogP contribution in [0.2, 0.25) is 0 Å². The molecule has 3 aromatic rings. The number of alkyl halides is 1. The Morgan fingerprint density at radius 3 is 2.30 bits per heavy atom. The summed E-state index contributed by atoms with van der Waals surface area (Å²) >= 11 is 3.81. The van der Waals surface area contributed by atoms with Crippen LogP contribution in [0.15, 0.2) is 72.8 Å². The summed E-state index contributed by atoms with van der Waals surface area (Å²) in [5.41, 5.74) is 2.79. The number of rotatable bonds is 4. The Labute approximate surface area is 128 Å². The third-order valence-corrected chi connectivity index (χ3v) is 4.69. The molecule has 0 saturated heterocycles. The minimum atomic E-state index is 0.419. The Balaban J connectivity index is 1.77. The van der Waals surface area contributed by atoms with E-state index in [4.69, 9.17) is 0 Å². The first-order valence-electron chi connectivity index (χ1n) is 7.00. The smallest absolute Gasteiger partial charge is 0.0398 e. The number of hydrogen-bond acceptors (Lipinski definition) is 0. The standard InChI is InChI=1S/C19H17Br/c20-19(17-8-2-1-3-9-17)14-13-16-11-6-10-15-7-4-5-12-18(15)16/h1-12,19H,13-14H2. The van der Waals surface area contributed by atoms with Gasteiger partial charge in [-0.15, -0.1) is 0 Å². The highest BCUT2D eigenvalue weighted by Gasteiger charge is 2.08. The van der Waals surface area contributed by atoms with Gasteiger partial charge in [-0.1, -0.05) is 88.7 Å². The quantitative estimate of drug-likeness (QED) is 0.523. The van der Waals surface area contributed by atoms with E-state index in [9.17, 15) is 0 Å². The SMILES string of the molecule is BrC(CCc1cccc2ccccc12)c1ccccc1. The summed E-state index contributed by atoms with van der Waals surface area (Å²) in [7, 11) is 0. The van der Waals surface area contributed by atoms with E-state index in [2.05, 4.69) is 88.7 Å². The summed E-state index contributed by atoms with van der Waals surface area (Å²) in [5, 5.41) is 2.71. The molecular formula is C19H17Br. The molecule has 0 radical (unpaired) electrons. The van der Waals surface area contributed by atoms with E-state index < -0.39 is 0 Å². The maximum atomic E-state index is 3.81. The Morgan fingerprint density at radius 1 is 0.750 bits per heavy atom. The lowest BCUT2D eigenvalue weighted by atomic mass is 9.99. The molecule has 0 bridgehead atoms. The van der Waals surface area contributed by atoms with E-state index in [0.29, 0.717) is 4.83 Å². The van der Waals surface area contributed by atoms with Crippen LogP contribution in [-0.4, -0.2) is 0 Å². The van der Waals surface area contributed by atoms with Gasteiger partial charge < -0.3 is 0 Å². The molecule has 0 aliphatic carbocycles. The normalized spacial score (nSPS) is 12.4. The predicted octanol–water partition coefficient (Wildman–Crippen LogP) is 5.91. The van der Waals surface area contributed by atoms with Crippen molar-refractivity contribution in [3.05, 3.63) is 83.9 Å². The summed E-state index contributed by atoms with van der Waals surface area (Å²) in [6, 6.07) is 25.8. The lowest BCUT2D eigenvalue weighted by molar-refractivity contribution is 0.817. The molecule has 0 fully saturated rings. The van der Waals surface area contributed by atoms with Gasteiger partial charge in [-0.25, -0.2) is 0 Å². The number of aryl methyl sites for hydroxylation is 1. The van der Waals surface area contributed by atoms with Crippen molar-refractivity contribution in [1.29, 1.82) is 0 Å². The maximum absolute atomic E-state index is 3.81. The molecule has 0 N–H and O–H groups in total. The van der Waals surface area contributed by atoms with E-state index in [-0.39, 0.29) is 0 Å². The van der Waals surface area contributed by atoms with Crippen LogP contribution >= 0.6 is 15.9 Å². The van der Waals surface area contributed by atoms with Crippen molar-refractivity contribution in [3.63, 3.8) is 0 Å². The van der Waals surface area contributed by atoms with Crippen LogP contribution in [0.5, 0.6) is 0 Å². The van der Waals surface area contributed by atoms with Crippen molar-refractivity contribution in [3.8, 4) is 0 Å². The van der Waals surface area contributed by atoms with Gasteiger partial charge in [0.2, 0.25) is 0 Å². The number of hydrogen-bond donors (Lipinski definition) is 0. The van der Waals surface area contributed by atoms with Crippen molar-refractivity contribution >= 4 is 26.7 Å². The highest BCUT2D eigenvalue weighted by Crippen LogP contribution is 2.29. The first-order chi connectivity index (χ1) is 9.84. The molecule has 3 rings (SSSR count). The zero-order valence-corrected chi connectivity index (χ0v) is 12.9. The van der Waals surface area contributed by atoms with Crippen LogP contribution in [0, 0.1) is 0 Å². The molecule has 0 aliphatic rings. The first kappa shape index (κ1) is 13.4. The molecule has 0 heterocycles. The lowest BCUT2D eigenvalue weighted by Crippen LogP contribution is -1.94. The highest BCUT2D eigenvalue weighted by atomic mass is 79.9. The third kappa shape index (κ3) is 2.94. The fraction of sp³-hybridized carbons (Fsp3) is 0.158. The molecule has 0 saturated carbocycles. The van der Waals surface area contributed by atoms with Crippen LogP contribution in [0.4, 0.5) is 0 Å². The van der Waals surface area contributed by atoms with Gasteiger partial charge in [0, 0.05) is 4.83 Å². The minimum absolute atomic E-state index is 0.419. The van der Waals surface area contributed by atoms with E-state index in [1.165, 1.54) is 21.9 Å². The average Bonchev–Trinajstić information content (AvgIpc) is 2.53. The van der Waals surface area contributed by atoms with Crippen LogP contribution < -0.4 is 0 Å². The maximum Gasteiger partial charge on any atom is 0.0398 e. The zero-order valence-electron chi connectivity index (χ0n) is 11.3. The molecule has 20 heavy (non-hydrogen) atoms. The largest absolute Gasteiger partial charge is 0.0839 e. The van der Waals surface area contributed by atoms with Gasteiger partial charge in [-0.2, -0.15) is 0 Å². The Bertz CT molecular complexity index is 683. The van der Waals surface area contributed by atoms with Gasteiger partial charge in [0.25, 0.3) is 0 Å². The monoisotopic (exact) mass is 324 g/mol. The summed E-state index contributed by atoms with van der Waals surface area (Å²) in [5.74, 6) is 0. The second-order valence-corrected chi connectivity index (χ2v) is 6.16. The molecule has 0 aromatic heterocycles. The van der Waals surface area contributed by atoms with Crippen molar-refractivity contribution in [2.75, 3.05) is 0 Å². The molecule has 1 atom stereocenters. The van der Waals surface area contributed by atoms with Crippen molar-refractivity contribution < 1.29 is 0 Å². The number of fused-ring (bicyclic) bond motifs is 1. The second kappa shape index (κ2) is 6.23. The molecule has 3 aromatic carbocycles. The van der Waals surface area contributed by atoms with Gasteiger partial charge >= 0.3 is 0 Å². The lowest BCUT2D eigenvalue weighted by Gasteiger charge is -2.11. The first-order valence-corrected chi connectivity index (χ1v) is 7.92. The number of halogens is 1. The molecule has 100 valence electrons. The van der Waals surface area contributed by atoms with E-state index in [1.54, 1.807) is 0 Å². The molecule has 1 unspecified atom stereocenters. The minimum Gasteiger partial charge on any atom is -0.0839 e. The van der Waals surface area contributed by atoms with Gasteiger partial charge in [-0.05, 0) is 34.7 Å². The summed E-state index contributed by atoms with van der Waals surface area (Å²) in [6.45, 7) is 0. The van der Waals surface area contributed by atoms with E-state index in [0.717, 1.165) is 12.8 Å². The van der Waals surface area contributed by atoms with Gasteiger partial charge in [-0.3, -0.25) is 0 Å². The fourth-order valence-corrected chi connectivity index (χ4v) is 3.16. The van der Waals surface area contributed by atoms with Gasteiger partial charge in [0.05, 0.1) is 0 Å².